The summed E-state index contributed by atoms with van der Waals surface area (Å²) in [4.78, 5) is 22.5. The average Bonchev–Trinajstić information content (AvgIpc) is 2.08. The molecule has 0 saturated heterocycles. The van der Waals surface area contributed by atoms with E-state index in [4.69, 9.17) is 9.47 Å². The molecule has 0 unspecified atom stereocenters. The molecule has 0 N–H and O–H groups in total. The van der Waals surface area contributed by atoms with E-state index in [2.05, 4.69) is 0 Å². The topological polar surface area (TPSA) is 52.6 Å². The van der Waals surface area contributed by atoms with Crippen LogP contribution >= 0.6 is 0 Å². The minimum atomic E-state index is -0.501. The maximum absolute atomic E-state index is 11.3. The summed E-state index contributed by atoms with van der Waals surface area (Å²) >= 11 is 0. The highest BCUT2D eigenvalue weighted by molar-refractivity contribution is 5.77. The van der Waals surface area contributed by atoms with Gasteiger partial charge in [-0.05, 0) is 26.7 Å². The minimum absolute atomic E-state index is 0.0776. The van der Waals surface area contributed by atoms with Crippen molar-refractivity contribution in [3.05, 3.63) is 0 Å². The first-order valence-corrected chi connectivity index (χ1v) is 5.58. The molecule has 16 heavy (non-hydrogen) atoms. The fraction of sp³-hybridized carbons (Fsp3) is 0.833. The normalized spacial score (nSPS) is 11.4. The Hall–Kier alpha value is -1.06. The van der Waals surface area contributed by atoms with Crippen molar-refractivity contribution in [1.29, 1.82) is 0 Å². The molecule has 0 aromatic carbocycles. The van der Waals surface area contributed by atoms with Crippen LogP contribution in [0.5, 0.6) is 0 Å². The number of ether oxygens (including phenoxy) is 2. The zero-order chi connectivity index (χ0) is 12.8. The third-order valence-electron chi connectivity index (χ3n) is 1.53. The van der Waals surface area contributed by atoms with Gasteiger partial charge in [-0.2, -0.15) is 0 Å². The lowest BCUT2D eigenvalue weighted by Crippen LogP contribution is -2.24. The Morgan fingerprint density at radius 3 is 2.00 bits per heavy atom. The van der Waals surface area contributed by atoms with E-state index in [0.717, 1.165) is 0 Å². The fourth-order valence-corrected chi connectivity index (χ4v) is 0.928. The molecule has 4 nitrogen and oxygen atoms in total. The van der Waals surface area contributed by atoms with Crippen molar-refractivity contribution < 1.29 is 19.1 Å². The van der Waals surface area contributed by atoms with Gasteiger partial charge in [-0.3, -0.25) is 9.59 Å². The first-order chi connectivity index (χ1) is 7.20. The van der Waals surface area contributed by atoms with Crippen LogP contribution in [0.15, 0.2) is 0 Å². The summed E-state index contributed by atoms with van der Waals surface area (Å²) in [5.74, 6) is -0.404. The summed E-state index contributed by atoms with van der Waals surface area (Å²) in [6, 6.07) is 0. The summed E-state index contributed by atoms with van der Waals surface area (Å²) in [6.45, 7) is 9.70. The number of hydrogen-bond acceptors (Lipinski definition) is 4. The van der Waals surface area contributed by atoms with Gasteiger partial charge in [0.15, 0.2) is 0 Å². The number of carbonyl (C=O) groups is 2. The number of carbonyl (C=O) groups excluding carboxylic acids is 2. The van der Waals surface area contributed by atoms with Crippen molar-refractivity contribution in [3.63, 3.8) is 0 Å². The molecule has 0 spiro atoms. The maximum atomic E-state index is 11.3. The number of rotatable bonds is 5. The highest BCUT2D eigenvalue weighted by Crippen LogP contribution is 2.09. The first kappa shape index (κ1) is 14.9. The summed E-state index contributed by atoms with van der Waals surface area (Å²) in [5.41, 5.74) is -0.501. The van der Waals surface area contributed by atoms with Crippen LogP contribution in [-0.4, -0.2) is 24.1 Å². The van der Waals surface area contributed by atoms with E-state index in [9.17, 15) is 9.59 Å². The predicted octanol–water partition coefficient (Wildman–Crippen LogP) is 2.31. The van der Waals surface area contributed by atoms with Crippen LogP contribution in [0.3, 0.4) is 0 Å². The minimum Gasteiger partial charge on any atom is -0.465 e. The van der Waals surface area contributed by atoms with Crippen LogP contribution in [0.25, 0.3) is 0 Å². The van der Waals surface area contributed by atoms with E-state index in [1.807, 2.05) is 13.8 Å². The van der Waals surface area contributed by atoms with Crippen molar-refractivity contribution in [3.8, 4) is 0 Å². The molecule has 0 aliphatic rings. The van der Waals surface area contributed by atoms with Crippen LogP contribution in [0.1, 0.15) is 47.5 Å². The average molecular weight is 230 g/mol. The lowest BCUT2D eigenvalue weighted by atomic mass is 10.2. The maximum Gasteiger partial charge on any atom is 0.306 e. The van der Waals surface area contributed by atoms with Gasteiger partial charge in [-0.15, -0.1) is 0 Å². The Bertz CT molecular complexity index is 238. The quantitative estimate of drug-likeness (QED) is 0.680. The molecule has 0 saturated carbocycles. The summed E-state index contributed by atoms with van der Waals surface area (Å²) in [5, 5.41) is 0. The molecule has 0 aliphatic heterocycles. The van der Waals surface area contributed by atoms with Crippen molar-refractivity contribution in [2.45, 2.75) is 53.1 Å². The molecule has 94 valence electrons. The van der Waals surface area contributed by atoms with Crippen LogP contribution in [0, 0.1) is 5.92 Å². The Morgan fingerprint density at radius 1 is 1.06 bits per heavy atom. The summed E-state index contributed by atoms with van der Waals surface area (Å²) < 4.78 is 10.0. The Morgan fingerprint density at radius 2 is 1.56 bits per heavy atom. The summed E-state index contributed by atoms with van der Waals surface area (Å²) in [6.07, 6.45) is 0.163. The van der Waals surface area contributed by atoms with E-state index in [1.165, 1.54) is 0 Å². The fourth-order valence-electron chi connectivity index (χ4n) is 0.928. The van der Waals surface area contributed by atoms with Gasteiger partial charge in [0.25, 0.3) is 0 Å². The smallest absolute Gasteiger partial charge is 0.306 e. The van der Waals surface area contributed by atoms with Crippen LogP contribution in [-0.2, 0) is 19.1 Å². The van der Waals surface area contributed by atoms with Gasteiger partial charge in [0.2, 0.25) is 0 Å². The lowest BCUT2D eigenvalue weighted by molar-refractivity contribution is -0.158. The molecule has 0 bridgehead atoms. The SMILES string of the molecule is CC(C)COC(=O)CCC(=O)OC(C)(C)C. The second-order valence-corrected chi connectivity index (χ2v) is 5.16. The van der Waals surface area contributed by atoms with E-state index < -0.39 is 5.60 Å². The van der Waals surface area contributed by atoms with Gasteiger partial charge in [-0.25, -0.2) is 0 Å². The molecule has 0 heterocycles. The molecule has 0 aliphatic carbocycles. The molecular formula is C12H22O4. The van der Waals surface area contributed by atoms with Crippen molar-refractivity contribution >= 4 is 11.9 Å². The molecule has 0 atom stereocenters. The Labute approximate surface area is 97.3 Å². The third-order valence-corrected chi connectivity index (χ3v) is 1.53. The van der Waals surface area contributed by atoms with Gasteiger partial charge in [0.05, 0.1) is 19.4 Å². The second-order valence-electron chi connectivity index (χ2n) is 5.16. The molecule has 0 aromatic heterocycles. The summed E-state index contributed by atoms with van der Waals surface area (Å²) in [7, 11) is 0. The van der Waals surface area contributed by atoms with Crippen LogP contribution < -0.4 is 0 Å². The first-order valence-electron chi connectivity index (χ1n) is 5.58. The Balaban J connectivity index is 3.72. The van der Waals surface area contributed by atoms with Crippen molar-refractivity contribution in [1.82, 2.24) is 0 Å². The van der Waals surface area contributed by atoms with E-state index in [1.54, 1.807) is 20.8 Å². The zero-order valence-electron chi connectivity index (χ0n) is 10.8. The van der Waals surface area contributed by atoms with Gasteiger partial charge in [0.1, 0.15) is 5.60 Å². The second kappa shape index (κ2) is 6.51. The predicted molar refractivity (Wildman–Crippen MR) is 60.9 cm³/mol. The highest BCUT2D eigenvalue weighted by atomic mass is 16.6. The van der Waals surface area contributed by atoms with E-state index in [-0.39, 0.29) is 24.8 Å². The van der Waals surface area contributed by atoms with Crippen molar-refractivity contribution in [2.24, 2.45) is 5.92 Å². The monoisotopic (exact) mass is 230 g/mol. The van der Waals surface area contributed by atoms with Gasteiger partial charge < -0.3 is 9.47 Å². The van der Waals surface area contributed by atoms with Gasteiger partial charge >= 0.3 is 11.9 Å². The highest BCUT2D eigenvalue weighted by Gasteiger charge is 2.17. The zero-order valence-corrected chi connectivity index (χ0v) is 10.8. The van der Waals surface area contributed by atoms with Gasteiger partial charge in [0, 0.05) is 0 Å². The largest absolute Gasteiger partial charge is 0.465 e. The molecular weight excluding hydrogens is 208 g/mol. The third kappa shape index (κ3) is 9.49. The van der Waals surface area contributed by atoms with Crippen LogP contribution in [0.4, 0.5) is 0 Å². The molecule has 0 amide bonds. The molecule has 0 aromatic rings. The van der Waals surface area contributed by atoms with Crippen LogP contribution in [0.2, 0.25) is 0 Å². The van der Waals surface area contributed by atoms with E-state index in [0.29, 0.717) is 12.5 Å². The van der Waals surface area contributed by atoms with Crippen molar-refractivity contribution in [2.75, 3.05) is 6.61 Å². The number of esters is 2. The Kier molecular flexibility index (Phi) is 6.08. The molecule has 4 heteroatoms. The molecule has 0 fully saturated rings. The number of hydrogen-bond donors (Lipinski definition) is 0. The lowest BCUT2D eigenvalue weighted by Gasteiger charge is -2.19. The standard InChI is InChI=1S/C12H22O4/c1-9(2)8-15-10(13)6-7-11(14)16-12(3,4)5/h9H,6-8H2,1-5H3. The van der Waals surface area contributed by atoms with E-state index >= 15 is 0 Å². The van der Waals surface area contributed by atoms with Gasteiger partial charge in [-0.1, -0.05) is 13.8 Å². The molecule has 0 radical (unpaired) electrons. The molecule has 0 rings (SSSR count).